The number of nitrogens with one attached hydrogen (secondary N) is 1. The number of carbonyl (C=O) groups excluding carboxylic acids is 2. The maximum Gasteiger partial charge on any atom is 0.331 e. The van der Waals surface area contributed by atoms with Crippen molar-refractivity contribution < 1.29 is 14.1 Å². The Hall–Kier alpha value is -1.85. The Kier molecular flexibility index (Phi) is 10.0. The first kappa shape index (κ1) is 29.4. The number of amides is 2. The number of nitrogens with two attached hydrogens (primary N) is 2. The Labute approximate surface area is 221 Å². The van der Waals surface area contributed by atoms with E-state index in [1.54, 1.807) is 6.07 Å². The van der Waals surface area contributed by atoms with E-state index in [4.69, 9.17) is 17.9 Å². The average Bonchev–Trinajstić information content (AvgIpc) is 3.56. The van der Waals surface area contributed by atoms with Gasteiger partial charge in [-0.15, -0.1) is 31.2 Å². The molecular formula is C26H40Cl2N5O2+. The minimum absolute atomic E-state index is 0. The van der Waals surface area contributed by atoms with E-state index in [2.05, 4.69) is 16.2 Å². The summed E-state index contributed by atoms with van der Waals surface area (Å²) in [5.74, 6) is 3.47. The standard InChI is InChI=1S/C26H37N5O2.2ClH/c1-3-13-29-22(15-19-8-5-4-6-9-19)24(32)31(17-20-11-12-23(27)30-18(20)2)14-7-10-21-16-26(21,31)25(28)33;;/h1,11-12,19,21-22,29H,4-10,13-17H2,2H3,(H3-,27,28,30,33);2*1H/p+1/t21-,22-,26+,31?;;/m1../s1. The van der Waals surface area contributed by atoms with Gasteiger partial charge in [-0.2, -0.15) is 0 Å². The first-order valence-electron chi connectivity index (χ1n) is 12.4. The van der Waals surface area contributed by atoms with Crippen LogP contribution in [0.15, 0.2) is 12.1 Å². The van der Waals surface area contributed by atoms with Crippen LogP contribution in [0.3, 0.4) is 0 Å². The van der Waals surface area contributed by atoms with Crippen LogP contribution in [-0.4, -0.2) is 46.0 Å². The summed E-state index contributed by atoms with van der Waals surface area (Å²) in [5.41, 5.74) is 12.9. The molecule has 2 aliphatic carbocycles. The van der Waals surface area contributed by atoms with E-state index in [1.807, 2.05) is 13.0 Å². The van der Waals surface area contributed by atoms with Crippen molar-refractivity contribution in [2.24, 2.45) is 17.6 Å². The molecule has 2 saturated carbocycles. The van der Waals surface area contributed by atoms with Crippen LogP contribution in [-0.2, 0) is 16.1 Å². The van der Waals surface area contributed by atoms with E-state index in [9.17, 15) is 9.59 Å². The summed E-state index contributed by atoms with van der Waals surface area (Å²) in [6.07, 6.45) is 14.8. The van der Waals surface area contributed by atoms with Crippen molar-refractivity contribution in [3.8, 4) is 12.3 Å². The van der Waals surface area contributed by atoms with Gasteiger partial charge in [0, 0.05) is 23.6 Å². The largest absolute Gasteiger partial charge is 0.384 e. The zero-order valence-corrected chi connectivity index (χ0v) is 22.3. The Balaban J connectivity index is 0.00000216. The summed E-state index contributed by atoms with van der Waals surface area (Å²) in [5, 5.41) is 3.35. The van der Waals surface area contributed by atoms with E-state index < -0.39 is 5.54 Å². The molecule has 1 aromatic heterocycles. The third-order valence-electron chi connectivity index (χ3n) is 8.48. The lowest BCUT2D eigenvalue weighted by Crippen LogP contribution is -2.71. The number of likely N-dealkylation sites (tertiary alicyclic amines) is 1. The zero-order chi connectivity index (χ0) is 23.6. The van der Waals surface area contributed by atoms with Crippen molar-refractivity contribution in [3.63, 3.8) is 0 Å². The number of hydrogen-bond donors (Lipinski definition) is 3. The number of quaternary nitrogens is 1. The summed E-state index contributed by atoms with van der Waals surface area (Å²) < 4.78 is 0.0778. The number of nitrogens with zero attached hydrogens (tertiary/aromatic N) is 2. The van der Waals surface area contributed by atoms with Gasteiger partial charge in [-0.3, -0.25) is 10.1 Å². The quantitative estimate of drug-likeness (QED) is 0.357. The van der Waals surface area contributed by atoms with Crippen LogP contribution in [0.5, 0.6) is 0 Å². The van der Waals surface area contributed by atoms with Crippen LogP contribution in [0.2, 0.25) is 0 Å². The predicted octanol–water partition coefficient (Wildman–Crippen LogP) is 3.26. The second-order valence-corrected chi connectivity index (χ2v) is 10.4. The molecule has 3 fully saturated rings. The highest BCUT2D eigenvalue weighted by molar-refractivity contribution is 5.91. The maximum atomic E-state index is 14.5. The molecule has 9 heteroatoms. The SMILES string of the molecule is C#CCN[C@H](CC1CCCCC1)C(=O)[N+]1(Cc2ccc(N)nc2C)CCC[C@@H]2C[C@@]21C(N)=O.Cl.Cl. The number of rotatable bonds is 8. The first-order valence-corrected chi connectivity index (χ1v) is 12.4. The van der Waals surface area contributed by atoms with Crippen LogP contribution in [0.1, 0.15) is 69.0 Å². The van der Waals surface area contributed by atoms with Gasteiger partial charge in [0.1, 0.15) is 18.4 Å². The van der Waals surface area contributed by atoms with Crippen molar-refractivity contribution in [1.29, 1.82) is 0 Å². The summed E-state index contributed by atoms with van der Waals surface area (Å²) in [6, 6.07) is 3.32. The number of halogens is 2. The number of fused-ring (bicyclic) bond motifs is 1. The fourth-order valence-corrected chi connectivity index (χ4v) is 6.68. The Bertz CT molecular complexity index is 962. The summed E-state index contributed by atoms with van der Waals surface area (Å²) in [6.45, 7) is 3.27. The molecular weight excluding hydrogens is 485 g/mol. The molecule has 1 aromatic rings. The number of terminal acetylenes is 1. The third kappa shape index (κ3) is 5.46. The van der Waals surface area contributed by atoms with E-state index in [0.717, 1.165) is 43.4 Å². The van der Waals surface area contributed by atoms with Crippen molar-refractivity contribution in [2.45, 2.75) is 82.8 Å². The molecule has 0 aromatic carbocycles. The first-order chi connectivity index (χ1) is 15.8. The highest BCUT2D eigenvalue weighted by Gasteiger charge is 2.76. The number of nitrogen functional groups attached to an aromatic ring is 1. The lowest BCUT2D eigenvalue weighted by molar-refractivity contribution is -0.900. The fourth-order valence-electron chi connectivity index (χ4n) is 6.68. The molecule has 0 radical (unpaired) electrons. The second kappa shape index (κ2) is 11.9. The summed E-state index contributed by atoms with van der Waals surface area (Å²) in [4.78, 5) is 31.9. The van der Waals surface area contributed by atoms with Gasteiger partial charge in [0.05, 0.1) is 13.1 Å². The van der Waals surface area contributed by atoms with Crippen molar-refractivity contribution in [2.75, 3.05) is 18.8 Å². The molecule has 4 atom stereocenters. The lowest BCUT2D eigenvalue weighted by atomic mass is 9.83. The minimum atomic E-state index is -0.828. The van der Waals surface area contributed by atoms with Crippen LogP contribution < -0.4 is 16.8 Å². The molecule has 35 heavy (non-hydrogen) atoms. The van der Waals surface area contributed by atoms with Gasteiger partial charge < -0.3 is 11.5 Å². The predicted molar refractivity (Wildman–Crippen MR) is 143 cm³/mol. The van der Waals surface area contributed by atoms with Gasteiger partial charge >= 0.3 is 5.91 Å². The number of aromatic nitrogens is 1. The van der Waals surface area contributed by atoms with Gasteiger partial charge in [-0.05, 0) is 44.2 Å². The van der Waals surface area contributed by atoms with E-state index in [-0.39, 0.29) is 53.1 Å². The van der Waals surface area contributed by atoms with Gasteiger partial charge in [-0.25, -0.2) is 14.3 Å². The van der Waals surface area contributed by atoms with E-state index in [1.165, 1.54) is 19.3 Å². The number of primary amides is 1. The highest BCUT2D eigenvalue weighted by Crippen LogP contribution is 2.59. The summed E-state index contributed by atoms with van der Waals surface area (Å²) in [7, 11) is 0. The molecule has 2 amide bonds. The molecule has 1 aliphatic heterocycles. The van der Waals surface area contributed by atoms with Crippen molar-refractivity contribution in [3.05, 3.63) is 23.4 Å². The third-order valence-corrected chi connectivity index (χ3v) is 8.48. The number of carbonyl (C=O) groups is 2. The van der Waals surface area contributed by atoms with Crippen LogP contribution >= 0.6 is 24.8 Å². The van der Waals surface area contributed by atoms with Crippen molar-refractivity contribution in [1.82, 2.24) is 10.3 Å². The van der Waals surface area contributed by atoms with Gasteiger partial charge in [0.25, 0.3) is 5.91 Å². The monoisotopic (exact) mass is 524 g/mol. The van der Waals surface area contributed by atoms with Gasteiger partial charge in [0.2, 0.25) is 0 Å². The Morgan fingerprint density at radius 3 is 2.57 bits per heavy atom. The van der Waals surface area contributed by atoms with E-state index in [0.29, 0.717) is 37.8 Å². The summed E-state index contributed by atoms with van der Waals surface area (Å²) >= 11 is 0. The van der Waals surface area contributed by atoms with Crippen LogP contribution in [0.25, 0.3) is 0 Å². The molecule has 1 saturated heterocycles. The average molecular weight is 526 g/mol. The van der Waals surface area contributed by atoms with Gasteiger partial charge in [-0.1, -0.05) is 38.0 Å². The van der Waals surface area contributed by atoms with E-state index >= 15 is 0 Å². The van der Waals surface area contributed by atoms with Crippen molar-refractivity contribution >= 4 is 42.4 Å². The van der Waals surface area contributed by atoms with Crippen LogP contribution in [0, 0.1) is 31.1 Å². The molecule has 4 rings (SSSR count). The molecule has 194 valence electrons. The maximum absolute atomic E-state index is 14.5. The molecule has 3 aliphatic rings. The number of aryl methyl sites for hydroxylation is 1. The molecule has 5 N–H and O–H groups in total. The Morgan fingerprint density at radius 2 is 1.94 bits per heavy atom. The van der Waals surface area contributed by atoms with Gasteiger partial charge in [0.15, 0.2) is 5.54 Å². The molecule has 2 heterocycles. The molecule has 7 nitrogen and oxygen atoms in total. The second-order valence-electron chi connectivity index (χ2n) is 10.4. The molecule has 1 unspecified atom stereocenters. The number of anilines is 1. The highest BCUT2D eigenvalue weighted by atomic mass is 35.5. The number of hydrogen-bond acceptors (Lipinski definition) is 5. The smallest absolute Gasteiger partial charge is 0.331 e. The fraction of sp³-hybridized carbons (Fsp3) is 0.654. The topological polar surface area (TPSA) is 111 Å². The number of piperidine rings is 1. The lowest BCUT2D eigenvalue weighted by Gasteiger charge is -2.46. The molecule has 0 bridgehead atoms. The Morgan fingerprint density at radius 1 is 1.23 bits per heavy atom. The minimum Gasteiger partial charge on any atom is -0.384 e. The normalized spacial score (nSPS) is 28.4. The van der Waals surface area contributed by atoms with Crippen LogP contribution in [0.4, 0.5) is 5.82 Å². The number of pyridine rings is 1. The molecule has 0 spiro atoms. The zero-order valence-electron chi connectivity index (χ0n) is 20.6.